The molecule has 0 unspecified atom stereocenters. The van der Waals surface area contributed by atoms with Crippen LogP contribution in [0.15, 0.2) is 47.3 Å². The minimum atomic E-state index is -0.991. The van der Waals surface area contributed by atoms with Crippen LogP contribution in [0.1, 0.15) is 79.7 Å². The molecule has 13 heteroatoms. The minimum absolute atomic E-state index is 0.182. The van der Waals surface area contributed by atoms with E-state index in [1.807, 2.05) is 72.7 Å². The summed E-state index contributed by atoms with van der Waals surface area (Å²) in [6, 6.07) is 11.7. The number of fused-ring (bicyclic) bond motifs is 1. The van der Waals surface area contributed by atoms with Gasteiger partial charge in [-0.1, -0.05) is 24.3 Å². The molecule has 1 aliphatic carbocycles. The van der Waals surface area contributed by atoms with Crippen LogP contribution >= 0.6 is 0 Å². The molecule has 0 bridgehead atoms. The molecule has 2 heterocycles. The fraction of sp³-hybridized carbons (Fsp3) is 0.543. The minimum Gasteiger partial charge on any atom is -0.444 e. The number of benzene rings is 2. The first-order valence-electron chi connectivity index (χ1n) is 16.7. The Morgan fingerprint density at radius 3 is 2.17 bits per heavy atom. The number of nitrogens with one attached hydrogen (secondary N) is 3. The van der Waals surface area contributed by atoms with Gasteiger partial charge in [0.2, 0.25) is 11.8 Å². The van der Waals surface area contributed by atoms with Crippen LogP contribution in [0.5, 0.6) is 0 Å². The molecular formula is C35H48BN5O7. The lowest BCUT2D eigenvalue weighted by Crippen LogP contribution is -2.52. The third kappa shape index (κ3) is 7.95. The van der Waals surface area contributed by atoms with E-state index < -0.39 is 42.0 Å². The molecule has 0 radical (unpaired) electrons. The number of imidazole rings is 1. The van der Waals surface area contributed by atoms with Gasteiger partial charge in [0.05, 0.1) is 22.2 Å². The summed E-state index contributed by atoms with van der Waals surface area (Å²) in [5.41, 5.74) is 7.36. The third-order valence-electron chi connectivity index (χ3n) is 9.72. The van der Waals surface area contributed by atoms with Crippen molar-refractivity contribution in [3.63, 3.8) is 0 Å². The van der Waals surface area contributed by atoms with Crippen molar-refractivity contribution in [2.24, 2.45) is 17.6 Å². The van der Waals surface area contributed by atoms with Gasteiger partial charge in [-0.2, -0.15) is 0 Å². The SMILES string of the molecule is CC(C)(C)OC(=O)NCC1CCC(C(=O)N(c2ccc3[nH]c(=O)[nH]c3c2)[C@@H](Cc2ccc(B3OC(C)(C)C(C)(C)O3)cc2)C(N)=O)CC1. The molecule has 1 aromatic heterocycles. The van der Waals surface area contributed by atoms with Crippen LogP contribution in [0.4, 0.5) is 10.5 Å². The summed E-state index contributed by atoms with van der Waals surface area (Å²) in [5, 5.41) is 2.85. The first-order valence-corrected chi connectivity index (χ1v) is 16.7. The van der Waals surface area contributed by atoms with E-state index >= 15 is 0 Å². The smallest absolute Gasteiger partial charge is 0.444 e. The zero-order valence-electron chi connectivity index (χ0n) is 29.0. The predicted octanol–water partition coefficient (Wildman–Crippen LogP) is 3.92. The van der Waals surface area contributed by atoms with E-state index in [1.165, 1.54) is 4.90 Å². The molecule has 258 valence electrons. The molecule has 1 saturated heterocycles. The Morgan fingerprint density at radius 1 is 0.979 bits per heavy atom. The Balaban J connectivity index is 1.35. The number of alkyl carbamates (subject to hydrolysis) is 1. The predicted molar refractivity (Wildman–Crippen MR) is 185 cm³/mol. The number of rotatable bonds is 9. The molecule has 3 amide bonds. The Labute approximate surface area is 281 Å². The van der Waals surface area contributed by atoms with E-state index in [9.17, 15) is 19.2 Å². The highest BCUT2D eigenvalue weighted by Crippen LogP contribution is 2.37. The van der Waals surface area contributed by atoms with Crippen LogP contribution < -0.4 is 27.1 Å². The number of H-pyrrole nitrogens is 2. The molecule has 0 spiro atoms. The maximum Gasteiger partial charge on any atom is 0.494 e. The van der Waals surface area contributed by atoms with E-state index in [2.05, 4.69) is 15.3 Å². The van der Waals surface area contributed by atoms with Gasteiger partial charge in [-0.3, -0.25) is 14.5 Å². The number of hydrogen-bond acceptors (Lipinski definition) is 7. The van der Waals surface area contributed by atoms with Crippen LogP contribution in [0, 0.1) is 11.8 Å². The summed E-state index contributed by atoms with van der Waals surface area (Å²) in [6.07, 6.45) is 2.36. The zero-order chi connectivity index (χ0) is 35.0. The lowest BCUT2D eigenvalue weighted by Gasteiger charge is -2.36. The fourth-order valence-corrected chi connectivity index (χ4v) is 6.32. The molecule has 1 atom stereocenters. The summed E-state index contributed by atoms with van der Waals surface area (Å²) in [5.74, 6) is -0.998. The Hall–Kier alpha value is -4.10. The maximum absolute atomic E-state index is 14.4. The topological polar surface area (TPSA) is 169 Å². The van der Waals surface area contributed by atoms with Gasteiger partial charge in [0.25, 0.3) is 0 Å². The number of hydrogen-bond donors (Lipinski definition) is 4. The Morgan fingerprint density at radius 2 is 1.58 bits per heavy atom. The fourth-order valence-electron chi connectivity index (χ4n) is 6.32. The number of primary amides is 1. The van der Waals surface area contributed by atoms with Crippen molar-refractivity contribution in [3.8, 4) is 0 Å². The van der Waals surface area contributed by atoms with Crippen LogP contribution in [-0.2, 0) is 30.1 Å². The van der Waals surface area contributed by atoms with Crippen LogP contribution in [0.25, 0.3) is 11.0 Å². The molecule has 5 N–H and O–H groups in total. The monoisotopic (exact) mass is 661 g/mol. The van der Waals surface area contributed by atoms with Gasteiger partial charge in [0.15, 0.2) is 0 Å². The summed E-state index contributed by atoms with van der Waals surface area (Å²) in [4.78, 5) is 58.7. The van der Waals surface area contributed by atoms with E-state index in [4.69, 9.17) is 19.8 Å². The van der Waals surface area contributed by atoms with Crippen LogP contribution in [0.3, 0.4) is 0 Å². The highest BCUT2D eigenvalue weighted by Gasteiger charge is 2.51. The molecular weight excluding hydrogens is 613 g/mol. The summed E-state index contributed by atoms with van der Waals surface area (Å²) < 4.78 is 17.7. The second-order valence-corrected chi connectivity index (χ2v) is 15.1. The number of anilines is 1. The van der Waals surface area contributed by atoms with Gasteiger partial charge in [-0.05, 0) is 109 Å². The molecule has 48 heavy (non-hydrogen) atoms. The van der Waals surface area contributed by atoms with Crippen molar-refractivity contribution in [2.75, 3.05) is 11.4 Å². The van der Waals surface area contributed by atoms with E-state index in [1.54, 1.807) is 18.2 Å². The Kier molecular flexibility index (Phi) is 9.85. The second-order valence-electron chi connectivity index (χ2n) is 15.1. The van der Waals surface area contributed by atoms with Crippen molar-refractivity contribution >= 4 is 47.2 Å². The van der Waals surface area contributed by atoms with E-state index in [0.29, 0.717) is 36.1 Å². The number of nitrogens with zero attached hydrogens (tertiary/aromatic N) is 1. The lowest BCUT2D eigenvalue weighted by atomic mass is 9.78. The molecule has 12 nitrogen and oxygen atoms in total. The number of ether oxygens (including phenoxy) is 1. The normalized spacial score (nSPS) is 21.1. The van der Waals surface area contributed by atoms with Crippen molar-refractivity contribution in [3.05, 3.63) is 58.5 Å². The number of aromatic amines is 2. The summed E-state index contributed by atoms with van der Waals surface area (Å²) >= 11 is 0. The second kappa shape index (κ2) is 13.4. The number of carbonyl (C=O) groups excluding carboxylic acids is 3. The van der Waals surface area contributed by atoms with Crippen molar-refractivity contribution < 1.29 is 28.4 Å². The molecule has 2 fully saturated rings. The average molecular weight is 662 g/mol. The van der Waals surface area contributed by atoms with E-state index in [-0.39, 0.29) is 29.9 Å². The van der Waals surface area contributed by atoms with Crippen molar-refractivity contribution in [1.82, 2.24) is 15.3 Å². The number of carbonyl (C=O) groups is 3. The molecule has 1 aliphatic heterocycles. The molecule has 2 aliphatic rings. The van der Waals surface area contributed by atoms with Crippen LogP contribution in [0.2, 0.25) is 0 Å². The van der Waals surface area contributed by atoms with Crippen molar-refractivity contribution in [1.29, 1.82) is 0 Å². The lowest BCUT2D eigenvalue weighted by molar-refractivity contribution is -0.127. The molecule has 1 saturated carbocycles. The van der Waals surface area contributed by atoms with Gasteiger partial charge < -0.3 is 35.1 Å². The highest BCUT2D eigenvalue weighted by molar-refractivity contribution is 6.62. The van der Waals surface area contributed by atoms with Gasteiger partial charge in [0, 0.05) is 24.6 Å². The molecule has 3 aromatic rings. The number of amides is 3. The van der Waals surface area contributed by atoms with Gasteiger partial charge in [-0.25, -0.2) is 9.59 Å². The maximum atomic E-state index is 14.4. The average Bonchev–Trinajstić information content (AvgIpc) is 3.48. The van der Waals surface area contributed by atoms with E-state index in [0.717, 1.165) is 23.9 Å². The van der Waals surface area contributed by atoms with Gasteiger partial charge in [-0.15, -0.1) is 0 Å². The third-order valence-corrected chi connectivity index (χ3v) is 9.72. The van der Waals surface area contributed by atoms with Crippen LogP contribution in [-0.4, -0.2) is 64.4 Å². The summed E-state index contributed by atoms with van der Waals surface area (Å²) in [7, 11) is -0.529. The first kappa shape index (κ1) is 35.2. The quantitative estimate of drug-likeness (QED) is 0.252. The van der Waals surface area contributed by atoms with Gasteiger partial charge >= 0.3 is 18.9 Å². The summed E-state index contributed by atoms with van der Waals surface area (Å²) in [6.45, 7) is 13.9. The standard InChI is InChI=1S/C35H48BN5O7/c1-33(2,3)46-32(45)38-20-22-8-12-23(13-9-22)30(43)41(25-16-17-26-27(19-25)40-31(44)39-26)28(29(37)42)18-21-10-14-24(15-11-21)36-47-34(4,5)35(6,7)48-36/h10-11,14-17,19,22-23,28H,8-9,12-13,18,20H2,1-7H3,(H2,37,42)(H,38,45)(H2,39,40,44)/t22?,23?,28-/m0/s1. The highest BCUT2D eigenvalue weighted by atomic mass is 16.7. The zero-order valence-corrected chi connectivity index (χ0v) is 29.0. The Bertz CT molecular complexity index is 1680. The number of nitrogens with two attached hydrogens (primary N) is 1. The molecule has 5 rings (SSSR count). The number of aromatic nitrogens is 2. The molecule has 2 aromatic carbocycles. The largest absolute Gasteiger partial charge is 0.494 e. The van der Waals surface area contributed by atoms with Crippen molar-refractivity contribution in [2.45, 2.75) is 103 Å². The first-order chi connectivity index (χ1) is 22.4. The van der Waals surface area contributed by atoms with Gasteiger partial charge in [0.1, 0.15) is 11.6 Å².